The zero-order valence-electron chi connectivity index (χ0n) is 18.7. The Bertz CT molecular complexity index is 1010. The van der Waals surface area contributed by atoms with Gasteiger partial charge in [-0.1, -0.05) is 23.7 Å². The summed E-state index contributed by atoms with van der Waals surface area (Å²) in [5.41, 5.74) is 1.65. The molecule has 3 heterocycles. The van der Waals surface area contributed by atoms with E-state index in [4.69, 9.17) is 26.6 Å². The van der Waals surface area contributed by atoms with Crippen LogP contribution in [0.1, 0.15) is 39.2 Å². The van der Waals surface area contributed by atoms with Crippen LogP contribution >= 0.6 is 11.6 Å². The van der Waals surface area contributed by atoms with Gasteiger partial charge < -0.3 is 14.5 Å². The molecule has 32 heavy (non-hydrogen) atoms. The fraction of sp³-hybridized carbons (Fsp3) is 0.500. The van der Waals surface area contributed by atoms with E-state index in [1.165, 1.54) is 0 Å². The Kier molecular flexibility index (Phi) is 6.25. The van der Waals surface area contributed by atoms with Crippen LogP contribution in [0.5, 0.6) is 0 Å². The Labute approximate surface area is 194 Å². The number of carbonyl (C=O) groups excluding carboxylic acids is 1. The largest absolute Gasteiger partial charge is 0.444 e. The fourth-order valence-corrected chi connectivity index (χ4v) is 4.64. The molecule has 2 aromatic rings. The van der Waals surface area contributed by atoms with Crippen molar-refractivity contribution in [1.82, 2.24) is 14.9 Å². The van der Waals surface area contributed by atoms with Gasteiger partial charge in [0.2, 0.25) is 5.95 Å². The van der Waals surface area contributed by atoms with Gasteiger partial charge in [-0.25, -0.2) is 14.8 Å². The predicted molar refractivity (Wildman–Crippen MR) is 123 cm³/mol. The number of hydrogen-bond donors (Lipinski definition) is 0. The monoisotopic (exact) mass is 453 g/mol. The summed E-state index contributed by atoms with van der Waals surface area (Å²) >= 11 is 6.39. The van der Waals surface area contributed by atoms with Crippen LogP contribution in [0.4, 0.5) is 10.7 Å². The van der Waals surface area contributed by atoms with Crippen LogP contribution in [0.25, 0.3) is 11.3 Å². The molecule has 2 aliphatic rings. The Morgan fingerprint density at radius 1 is 1.16 bits per heavy atom. The average Bonchev–Trinajstić information content (AvgIpc) is 3.07. The highest BCUT2D eigenvalue weighted by atomic mass is 35.5. The molecular formula is C24H28ClN5O2. The standard InChI is InChI=1S/C24H28ClN5O2/c1-24(2,3)32-23(31)30-14-18-8-10-29(11-9-19(18)15-30)22-27-13-20(25)21(28-22)17-6-4-16(12-26)5-7-17/h4-7,13,18-19H,8-11,14-15H2,1-3H3/t18-,19+. The zero-order chi connectivity index (χ0) is 22.9. The lowest BCUT2D eigenvalue weighted by molar-refractivity contribution is 0.0283. The minimum absolute atomic E-state index is 0.212. The number of ether oxygens (including phenoxy) is 1. The van der Waals surface area contributed by atoms with Crippen LogP contribution in [0.3, 0.4) is 0 Å². The number of rotatable bonds is 2. The molecule has 1 aromatic carbocycles. The molecule has 0 unspecified atom stereocenters. The van der Waals surface area contributed by atoms with E-state index in [1.54, 1.807) is 18.3 Å². The summed E-state index contributed by atoms with van der Waals surface area (Å²) in [5, 5.41) is 9.51. The van der Waals surface area contributed by atoms with Gasteiger partial charge in [-0.3, -0.25) is 0 Å². The molecule has 4 rings (SSSR count). The first-order chi connectivity index (χ1) is 15.2. The fourth-order valence-electron chi connectivity index (χ4n) is 4.44. The molecule has 8 heteroatoms. The van der Waals surface area contributed by atoms with Crippen molar-refractivity contribution in [3.05, 3.63) is 41.0 Å². The molecule has 1 aromatic heterocycles. The maximum atomic E-state index is 12.5. The van der Waals surface area contributed by atoms with Crippen molar-refractivity contribution in [2.24, 2.45) is 11.8 Å². The van der Waals surface area contributed by atoms with Crippen LogP contribution in [-0.2, 0) is 4.74 Å². The number of amides is 1. The van der Waals surface area contributed by atoms with Gasteiger partial charge in [0.05, 0.1) is 28.5 Å². The third kappa shape index (κ3) is 4.97. The van der Waals surface area contributed by atoms with Gasteiger partial charge in [0.1, 0.15) is 5.60 Å². The number of aromatic nitrogens is 2. The quantitative estimate of drug-likeness (QED) is 0.652. The van der Waals surface area contributed by atoms with E-state index in [2.05, 4.69) is 16.0 Å². The van der Waals surface area contributed by atoms with Gasteiger partial charge in [0, 0.05) is 31.7 Å². The van der Waals surface area contributed by atoms with Gasteiger partial charge in [-0.15, -0.1) is 0 Å². The number of nitriles is 1. The van der Waals surface area contributed by atoms with Crippen LogP contribution in [0.2, 0.25) is 5.02 Å². The maximum Gasteiger partial charge on any atom is 0.410 e. The number of benzene rings is 1. The minimum Gasteiger partial charge on any atom is -0.444 e. The molecule has 0 aliphatic carbocycles. The van der Waals surface area contributed by atoms with Crippen molar-refractivity contribution in [1.29, 1.82) is 5.26 Å². The molecule has 0 bridgehead atoms. The van der Waals surface area contributed by atoms with Gasteiger partial charge in [0.15, 0.2) is 0 Å². The summed E-state index contributed by atoms with van der Waals surface area (Å²) in [7, 11) is 0. The summed E-state index contributed by atoms with van der Waals surface area (Å²) in [6.45, 7) is 8.84. The molecule has 2 atom stereocenters. The summed E-state index contributed by atoms with van der Waals surface area (Å²) in [5.74, 6) is 1.58. The predicted octanol–water partition coefficient (Wildman–Crippen LogP) is 4.75. The number of likely N-dealkylation sites (tertiary alicyclic amines) is 1. The number of halogens is 1. The SMILES string of the molecule is CC(C)(C)OC(=O)N1C[C@H]2CCN(c3ncc(Cl)c(-c4ccc(C#N)cc4)n3)CC[C@H]2C1. The van der Waals surface area contributed by atoms with E-state index in [1.807, 2.05) is 37.8 Å². The Balaban J connectivity index is 1.44. The average molecular weight is 454 g/mol. The minimum atomic E-state index is -0.475. The molecule has 168 valence electrons. The van der Waals surface area contributed by atoms with Crippen molar-refractivity contribution >= 4 is 23.6 Å². The lowest BCUT2D eigenvalue weighted by Crippen LogP contribution is -2.36. The van der Waals surface area contributed by atoms with Gasteiger partial charge in [0.25, 0.3) is 0 Å². The number of hydrogen-bond acceptors (Lipinski definition) is 6. The van der Waals surface area contributed by atoms with Gasteiger partial charge in [-0.05, 0) is 57.6 Å². The Morgan fingerprint density at radius 3 is 2.34 bits per heavy atom. The molecule has 0 N–H and O–H groups in total. The maximum absolute atomic E-state index is 12.5. The summed E-state index contributed by atoms with van der Waals surface area (Å²) < 4.78 is 5.56. The van der Waals surface area contributed by atoms with Gasteiger partial charge in [-0.2, -0.15) is 5.26 Å². The molecule has 0 radical (unpaired) electrons. The first-order valence-corrected chi connectivity index (χ1v) is 11.4. The summed E-state index contributed by atoms with van der Waals surface area (Å²) in [6.07, 6.45) is 3.38. The smallest absolute Gasteiger partial charge is 0.410 e. The highest BCUT2D eigenvalue weighted by Gasteiger charge is 2.38. The third-order valence-electron chi connectivity index (χ3n) is 6.07. The van der Waals surface area contributed by atoms with E-state index in [0.717, 1.165) is 44.6 Å². The van der Waals surface area contributed by atoms with Crippen LogP contribution < -0.4 is 4.90 Å². The summed E-state index contributed by atoms with van der Waals surface area (Å²) in [4.78, 5) is 25.8. The highest BCUT2D eigenvalue weighted by Crippen LogP contribution is 2.34. The second kappa shape index (κ2) is 8.95. The third-order valence-corrected chi connectivity index (χ3v) is 6.35. The second-order valence-electron chi connectivity index (χ2n) is 9.53. The number of carbonyl (C=O) groups is 1. The zero-order valence-corrected chi connectivity index (χ0v) is 19.5. The van der Waals surface area contributed by atoms with Crippen LogP contribution in [0, 0.1) is 23.2 Å². The van der Waals surface area contributed by atoms with E-state index in [9.17, 15) is 4.79 Å². The van der Waals surface area contributed by atoms with Crippen molar-refractivity contribution in [2.45, 2.75) is 39.2 Å². The number of fused-ring (bicyclic) bond motifs is 1. The number of nitrogens with zero attached hydrogens (tertiary/aromatic N) is 5. The first-order valence-electron chi connectivity index (χ1n) is 11.0. The lowest BCUT2D eigenvalue weighted by atomic mass is 9.92. The van der Waals surface area contributed by atoms with Crippen molar-refractivity contribution < 1.29 is 9.53 Å². The van der Waals surface area contributed by atoms with E-state index in [0.29, 0.717) is 34.1 Å². The normalized spacial score (nSPS) is 21.0. The van der Waals surface area contributed by atoms with E-state index in [-0.39, 0.29) is 6.09 Å². The Morgan fingerprint density at radius 2 is 1.78 bits per heavy atom. The van der Waals surface area contributed by atoms with E-state index < -0.39 is 5.60 Å². The van der Waals surface area contributed by atoms with Crippen molar-refractivity contribution in [3.8, 4) is 17.3 Å². The lowest BCUT2D eigenvalue weighted by Gasteiger charge is -2.25. The molecule has 2 aliphatic heterocycles. The van der Waals surface area contributed by atoms with Crippen LogP contribution in [0.15, 0.2) is 30.5 Å². The molecule has 7 nitrogen and oxygen atoms in total. The topological polar surface area (TPSA) is 82.4 Å². The molecule has 2 saturated heterocycles. The Hall–Kier alpha value is -2.85. The first kappa shape index (κ1) is 22.3. The van der Waals surface area contributed by atoms with E-state index >= 15 is 0 Å². The highest BCUT2D eigenvalue weighted by molar-refractivity contribution is 6.32. The molecular weight excluding hydrogens is 426 g/mol. The molecule has 0 spiro atoms. The van der Waals surface area contributed by atoms with Crippen molar-refractivity contribution in [3.63, 3.8) is 0 Å². The second-order valence-corrected chi connectivity index (χ2v) is 9.93. The number of anilines is 1. The van der Waals surface area contributed by atoms with Gasteiger partial charge >= 0.3 is 6.09 Å². The van der Waals surface area contributed by atoms with Crippen molar-refractivity contribution in [2.75, 3.05) is 31.1 Å². The van der Waals surface area contributed by atoms with Crippen LogP contribution in [-0.4, -0.2) is 52.7 Å². The molecule has 1 amide bonds. The molecule has 2 fully saturated rings. The summed E-state index contributed by atoms with van der Waals surface area (Å²) in [6, 6.07) is 9.36. The molecule has 0 saturated carbocycles.